The highest BCUT2D eigenvalue weighted by atomic mass is 19.4. The van der Waals surface area contributed by atoms with Crippen LogP contribution in [0.25, 0.3) is 0 Å². The van der Waals surface area contributed by atoms with Gasteiger partial charge in [0.05, 0.1) is 5.92 Å². The highest BCUT2D eigenvalue weighted by Gasteiger charge is 2.40. The van der Waals surface area contributed by atoms with Gasteiger partial charge < -0.3 is 5.32 Å². The van der Waals surface area contributed by atoms with Gasteiger partial charge in [0.25, 0.3) is 0 Å². The second-order valence-electron chi connectivity index (χ2n) is 4.88. The van der Waals surface area contributed by atoms with Crippen molar-refractivity contribution in [2.24, 2.45) is 16.8 Å². The molecule has 2 aliphatic heterocycles. The van der Waals surface area contributed by atoms with Crippen LogP contribution in [0.3, 0.4) is 0 Å². The summed E-state index contributed by atoms with van der Waals surface area (Å²) in [6.07, 6.45) is -1.22. The third kappa shape index (κ3) is 3.09. The fourth-order valence-electron chi connectivity index (χ4n) is 2.43. The van der Waals surface area contributed by atoms with Gasteiger partial charge in [-0.3, -0.25) is 4.99 Å². The van der Waals surface area contributed by atoms with Crippen molar-refractivity contribution in [1.29, 1.82) is 0 Å². The van der Waals surface area contributed by atoms with E-state index >= 15 is 0 Å². The van der Waals surface area contributed by atoms with Crippen LogP contribution in [-0.4, -0.2) is 25.5 Å². The number of alkyl halides is 3. The van der Waals surface area contributed by atoms with Crippen LogP contribution < -0.4 is 5.32 Å². The number of rotatable bonds is 2. The van der Waals surface area contributed by atoms with Gasteiger partial charge in [0, 0.05) is 11.9 Å². The van der Waals surface area contributed by atoms with Crippen molar-refractivity contribution in [3.8, 4) is 0 Å². The molecule has 0 aromatic rings. The Morgan fingerprint density at radius 3 is 2.82 bits per heavy atom. The van der Waals surface area contributed by atoms with E-state index in [0.717, 1.165) is 43.4 Å². The predicted molar refractivity (Wildman–Crippen MR) is 60.9 cm³/mol. The molecule has 5 heteroatoms. The minimum atomic E-state index is -4.16. The first-order valence-corrected chi connectivity index (χ1v) is 5.97. The van der Waals surface area contributed by atoms with E-state index in [1.54, 1.807) is 6.92 Å². The molecule has 2 unspecified atom stereocenters. The molecule has 0 saturated carbocycles. The van der Waals surface area contributed by atoms with E-state index in [4.69, 9.17) is 0 Å². The van der Waals surface area contributed by atoms with Crippen LogP contribution in [0, 0.1) is 11.8 Å². The zero-order valence-electron chi connectivity index (χ0n) is 9.85. The van der Waals surface area contributed by atoms with Crippen molar-refractivity contribution in [1.82, 2.24) is 5.32 Å². The summed E-state index contributed by atoms with van der Waals surface area (Å²) in [4.78, 5) is 3.92. The molecule has 2 aliphatic rings. The van der Waals surface area contributed by atoms with Gasteiger partial charge in [-0.15, -0.1) is 0 Å². The fraction of sp³-hybridized carbons (Fsp3) is 0.750. The fourth-order valence-corrected chi connectivity index (χ4v) is 2.43. The zero-order chi connectivity index (χ0) is 12.5. The average molecular weight is 246 g/mol. The van der Waals surface area contributed by atoms with Crippen LogP contribution in [0.15, 0.2) is 16.3 Å². The Bertz CT molecular complexity index is 338. The van der Waals surface area contributed by atoms with E-state index in [0.29, 0.717) is 5.92 Å². The monoisotopic (exact) mass is 246 g/mol. The van der Waals surface area contributed by atoms with Gasteiger partial charge in [-0.2, -0.15) is 13.2 Å². The van der Waals surface area contributed by atoms with E-state index < -0.39 is 12.1 Å². The molecule has 0 spiro atoms. The topological polar surface area (TPSA) is 24.4 Å². The van der Waals surface area contributed by atoms with E-state index in [2.05, 4.69) is 10.3 Å². The first kappa shape index (κ1) is 12.6. The molecule has 1 saturated heterocycles. The SMILES string of the molecule is CC1=C(CC2CCNC2)CC(C(F)(F)F)C=N1. The first-order chi connectivity index (χ1) is 7.97. The maximum absolute atomic E-state index is 12.6. The molecule has 0 bridgehead atoms. The van der Waals surface area contributed by atoms with Gasteiger partial charge in [-0.05, 0) is 50.8 Å². The summed E-state index contributed by atoms with van der Waals surface area (Å²) in [5.41, 5.74) is 1.65. The highest BCUT2D eigenvalue weighted by Crippen LogP contribution is 2.36. The number of nitrogens with zero attached hydrogens (tertiary/aromatic N) is 1. The van der Waals surface area contributed by atoms with E-state index in [1.807, 2.05) is 0 Å². The number of hydrogen-bond acceptors (Lipinski definition) is 2. The van der Waals surface area contributed by atoms with Crippen molar-refractivity contribution in [2.75, 3.05) is 13.1 Å². The summed E-state index contributed by atoms with van der Waals surface area (Å²) in [5, 5.41) is 3.23. The van der Waals surface area contributed by atoms with Crippen LogP contribution in [0.2, 0.25) is 0 Å². The standard InChI is InChI=1S/C12H17F3N2/c1-8-10(4-9-2-3-16-6-9)5-11(7-17-8)12(13,14)15/h7,9,11,16H,2-6H2,1H3. The molecule has 2 atom stereocenters. The number of halogens is 3. The Labute approximate surface area is 99.0 Å². The lowest BCUT2D eigenvalue weighted by molar-refractivity contribution is -0.154. The maximum Gasteiger partial charge on any atom is 0.396 e. The molecule has 96 valence electrons. The van der Waals surface area contributed by atoms with Crippen molar-refractivity contribution >= 4 is 6.21 Å². The summed E-state index contributed by atoms with van der Waals surface area (Å²) in [7, 11) is 0. The molecule has 17 heavy (non-hydrogen) atoms. The average Bonchev–Trinajstić information content (AvgIpc) is 2.72. The highest BCUT2D eigenvalue weighted by molar-refractivity contribution is 5.65. The molecule has 1 N–H and O–H groups in total. The number of hydrogen-bond donors (Lipinski definition) is 1. The molecule has 0 aromatic heterocycles. The van der Waals surface area contributed by atoms with Crippen molar-refractivity contribution < 1.29 is 13.2 Å². The molecule has 0 aliphatic carbocycles. The molecule has 2 nitrogen and oxygen atoms in total. The summed E-state index contributed by atoms with van der Waals surface area (Å²) in [6.45, 7) is 3.70. The number of nitrogens with one attached hydrogen (secondary N) is 1. The second-order valence-corrected chi connectivity index (χ2v) is 4.88. The quantitative estimate of drug-likeness (QED) is 0.796. The van der Waals surface area contributed by atoms with Gasteiger partial charge >= 0.3 is 6.18 Å². The Balaban J connectivity index is 2.02. The Hall–Kier alpha value is -0.840. The summed E-state index contributed by atoms with van der Waals surface area (Å²) in [5.74, 6) is -0.919. The van der Waals surface area contributed by atoms with Crippen molar-refractivity contribution in [3.63, 3.8) is 0 Å². The lowest BCUT2D eigenvalue weighted by Gasteiger charge is -2.24. The molecule has 2 rings (SSSR count). The van der Waals surface area contributed by atoms with E-state index in [9.17, 15) is 13.2 Å². The molecular formula is C12H17F3N2. The lowest BCUT2D eigenvalue weighted by atomic mass is 9.89. The number of aliphatic imine (C=N–C) groups is 1. The Kier molecular flexibility index (Phi) is 3.56. The minimum Gasteiger partial charge on any atom is -0.316 e. The number of allylic oxidation sites excluding steroid dienone is 2. The summed E-state index contributed by atoms with van der Waals surface area (Å²) < 4.78 is 37.9. The van der Waals surface area contributed by atoms with Gasteiger partial charge in [0.1, 0.15) is 0 Å². The lowest BCUT2D eigenvalue weighted by Crippen LogP contribution is -2.27. The normalized spacial score (nSPS) is 30.1. The van der Waals surface area contributed by atoms with Gasteiger partial charge in [0.2, 0.25) is 0 Å². The predicted octanol–water partition coefficient (Wildman–Crippen LogP) is 2.91. The Morgan fingerprint density at radius 1 is 1.47 bits per heavy atom. The minimum absolute atomic E-state index is 0.0926. The third-order valence-corrected chi connectivity index (χ3v) is 3.54. The zero-order valence-corrected chi connectivity index (χ0v) is 9.85. The summed E-state index contributed by atoms with van der Waals surface area (Å²) >= 11 is 0. The molecule has 0 amide bonds. The molecule has 0 aromatic carbocycles. The molecule has 2 heterocycles. The van der Waals surface area contributed by atoms with Crippen molar-refractivity contribution in [3.05, 3.63) is 11.3 Å². The van der Waals surface area contributed by atoms with Crippen LogP contribution in [0.1, 0.15) is 26.2 Å². The first-order valence-electron chi connectivity index (χ1n) is 5.97. The van der Waals surface area contributed by atoms with Crippen LogP contribution >= 0.6 is 0 Å². The van der Waals surface area contributed by atoms with Crippen LogP contribution in [0.5, 0.6) is 0 Å². The van der Waals surface area contributed by atoms with Gasteiger partial charge in [-0.1, -0.05) is 0 Å². The molecule has 0 radical (unpaired) electrons. The smallest absolute Gasteiger partial charge is 0.316 e. The van der Waals surface area contributed by atoms with Crippen LogP contribution in [0.4, 0.5) is 13.2 Å². The molecular weight excluding hydrogens is 229 g/mol. The Morgan fingerprint density at radius 2 is 2.24 bits per heavy atom. The van der Waals surface area contributed by atoms with Crippen molar-refractivity contribution in [2.45, 2.75) is 32.4 Å². The second kappa shape index (κ2) is 4.80. The van der Waals surface area contributed by atoms with Gasteiger partial charge in [0.15, 0.2) is 0 Å². The third-order valence-electron chi connectivity index (χ3n) is 3.54. The van der Waals surface area contributed by atoms with Gasteiger partial charge in [-0.25, -0.2) is 0 Å². The largest absolute Gasteiger partial charge is 0.396 e. The molecule has 1 fully saturated rings. The summed E-state index contributed by atoms with van der Waals surface area (Å²) in [6, 6.07) is 0. The van der Waals surface area contributed by atoms with E-state index in [1.165, 1.54) is 0 Å². The maximum atomic E-state index is 12.6. The van der Waals surface area contributed by atoms with Crippen LogP contribution in [-0.2, 0) is 0 Å². The van der Waals surface area contributed by atoms with E-state index in [-0.39, 0.29) is 6.42 Å².